The molecule has 0 aromatic carbocycles. The molecule has 0 radical (unpaired) electrons. The maximum Gasteiger partial charge on any atom is 0.308 e. The first kappa shape index (κ1) is 11.8. The SMILES string of the molecule is COC(=O)[C@H]1C[C@H](N2CC(I)=C(C=O)N2)C1. The van der Waals surface area contributed by atoms with Gasteiger partial charge in [0, 0.05) is 9.62 Å². The second-order valence-electron chi connectivity index (χ2n) is 4.02. The number of hydrogen-bond donors (Lipinski definition) is 1. The zero-order valence-corrected chi connectivity index (χ0v) is 11.1. The Morgan fingerprint density at radius 2 is 2.31 bits per heavy atom. The van der Waals surface area contributed by atoms with Gasteiger partial charge in [0.05, 0.1) is 25.3 Å². The molecule has 88 valence electrons. The molecule has 0 atom stereocenters. The van der Waals surface area contributed by atoms with E-state index in [-0.39, 0.29) is 11.9 Å². The van der Waals surface area contributed by atoms with Crippen LogP contribution < -0.4 is 5.43 Å². The van der Waals surface area contributed by atoms with Gasteiger partial charge in [0.15, 0.2) is 6.29 Å². The molecule has 0 amide bonds. The predicted molar refractivity (Wildman–Crippen MR) is 65.5 cm³/mol. The number of hydrogen-bond acceptors (Lipinski definition) is 5. The molecule has 5 nitrogen and oxygen atoms in total. The molecule has 16 heavy (non-hydrogen) atoms. The summed E-state index contributed by atoms with van der Waals surface area (Å²) in [6, 6.07) is 0.325. The van der Waals surface area contributed by atoms with Crippen molar-refractivity contribution in [3.05, 3.63) is 9.28 Å². The van der Waals surface area contributed by atoms with E-state index >= 15 is 0 Å². The zero-order valence-electron chi connectivity index (χ0n) is 8.90. The van der Waals surface area contributed by atoms with E-state index in [0.717, 1.165) is 29.3 Å². The van der Waals surface area contributed by atoms with Crippen molar-refractivity contribution in [1.82, 2.24) is 10.4 Å². The molecule has 1 aliphatic carbocycles. The van der Waals surface area contributed by atoms with E-state index in [1.165, 1.54) is 7.11 Å². The van der Waals surface area contributed by atoms with Crippen molar-refractivity contribution in [2.75, 3.05) is 13.7 Å². The van der Waals surface area contributed by atoms with E-state index < -0.39 is 0 Å². The van der Waals surface area contributed by atoms with Crippen molar-refractivity contribution in [2.24, 2.45) is 5.92 Å². The number of hydrazine groups is 1. The van der Waals surface area contributed by atoms with Crippen LogP contribution in [0.25, 0.3) is 0 Å². The van der Waals surface area contributed by atoms with Gasteiger partial charge in [0.25, 0.3) is 0 Å². The lowest BCUT2D eigenvalue weighted by Gasteiger charge is -2.39. The molecule has 0 spiro atoms. The molecule has 2 rings (SSSR count). The highest BCUT2D eigenvalue weighted by molar-refractivity contribution is 14.1. The lowest BCUT2D eigenvalue weighted by Crippen LogP contribution is -2.50. The standard InChI is InChI=1S/C10H13IN2O3/c1-16-10(15)6-2-7(3-6)13-4-8(11)9(5-14)12-13/h5-7,12H,2-4H2,1H3/t6-,7-. The van der Waals surface area contributed by atoms with Crippen molar-refractivity contribution in [2.45, 2.75) is 18.9 Å². The normalized spacial score (nSPS) is 29.6. The summed E-state index contributed by atoms with van der Waals surface area (Å²) in [4.78, 5) is 21.9. The minimum Gasteiger partial charge on any atom is -0.469 e. The first-order valence-corrected chi connectivity index (χ1v) is 6.18. The van der Waals surface area contributed by atoms with Crippen LogP contribution in [0.3, 0.4) is 0 Å². The van der Waals surface area contributed by atoms with Gasteiger partial charge in [0.1, 0.15) is 0 Å². The number of nitrogens with one attached hydrogen (secondary N) is 1. The Balaban J connectivity index is 1.83. The summed E-state index contributed by atoms with van der Waals surface area (Å²) in [6.45, 7) is 0.743. The van der Waals surface area contributed by atoms with E-state index in [2.05, 4.69) is 32.8 Å². The Kier molecular flexibility index (Phi) is 3.48. The molecule has 1 heterocycles. The number of esters is 1. The third-order valence-corrected chi connectivity index (χ3v) is 3.99. The van der Waals surface area contributed by atoms with E-state index in [1.54, 1.807) is 0 Å². The highest BCUT2D eigenvalue weighted by atomic mass is 127. The van der Waals surface area contributed by atoms with Crippen molar-refractivity contribution in [3.63, 3.8) is 0 Å². The second kappa shape index (κ2) is 4.70. The largest absolute Gasteiger partial charge is 0.469 e. The summed E-state index contributed by atoms with van der Waals surface area (Å²) < 4.78 is 5.70. The van der Waals surface area contributed by atoms with Gasteiger partial charge >= 0.3 is 5.97 Å². The lowest BCUT2D eigenvalue weighted by molar-refractivity contribution is -0.151. The van der Waals surface area contributed by atoms with Gasteiger partial charge in [0.2, 0.25) is 0 Å². The minimum atomic E-state index is -0.131. The van der Waals surface area contributed by atoms with Gasteiger partial charge in [-0.25, -0.2) is 5.01 Å². The molecule has 2 aliphatic rings. The molecule has 1 N–H and O–H groups in total. The molecule has 6 heteroatoms. The Morgan fingerprint density at radius 3 is 2.81 bits per heavy atom. The second-order valence-corrected chi connectivity index (χ2v) is 5.32. The third kappa shape index (κ3) is 2.08. The number of ether oxygens (including phenoxy) is 1. The topological polar surface area (TPSA) is 58.6 Å². The average Bonchev–Trinajstić information content (AvgIpc) is 2.57. The van der Waals surface area contributed by atoms with Crippen LogP contribution in [-0.4, -0.2) is 37.0 Å². The average molecular weight is 336 g/mol. The van der Waals surface area contributed by atoms with E-state index in [0.29, 0.717) is 11.7 Å². The van der Waals surface area contributed by atoms with Crippen molar-refractivity contribution >= 4 is 34.8 Å². The Morgan fingerprint density at radius 1 is 1.62 bits per heavy atom. The number of carbonyl (C=O) groups excluding carboxylic acids is 2. The van der Waals surface area contributed by atoms with Crippen LogP contribution in [0.2, 0.25) is 0 Å². The summed E-state index contributed by atoms with van der Waals surface area (Å²) in [5.74, 6) is -0.108. The maximum atomic E-state index is 11.2. The van der Waals surface area contributed by atoms with Gasteiger partial charge in [-0.15, -0.1) is 0 Å². The van der Waals surface area contributed by atoms with E-state index in [9.17, 15) is 9.59 Å². The van der Waals surface area contributed by atoms with Crippen LogP contribution in [0.1, 0.15) is 12.8 Å². The number of nitrogens with zero attached hydrogens (tertiary/aromatic N) is 1. The van der Waals surface area contributed by atoms with Crippen molar-refractivity contribution in [3.8, 4) is 0 Å². The van der Waals surface area contributed by atoms with Gasteiger partial charge in [-0.3, -0.25) is 9.59 Å². The summed E-state index contributed by atoms with van der Waals surface area (Å²) in [6.07, 6.45) is 2.43. The fourth-order valence-electron chi connectivity index (χ4n) is 2.00. The van der Waals surface area contributed by atoms with Crippen LogP contribution >= 0.6 is 22.6 Å². The highest BCUT2D eigenvalue weighted by Gasteiger charge is 2.40. The Labute approximate surface area is 107 Å². The van der Waals surface area contributed by atoms with Crippen LogP contribution in [0.5, 0.6) is 0 Å². The van der Waals surface area contributed by atoms with E-state index in [4.69, 9.17) is 0 Å². The van der Waals surface area contributed by atoms with Gasteiger partial charge in [-0.05, 0) is 35.4 Å². The molecule has 0 bridgehead atoms. The molecule has 0 aromatic heterocycles. The first-order valence-electron chi connectivity index (χ1n) is 5.10. The fourth-order valence-corrected chi connectivity index (χ4v) is 2.62. The number of rotatable bonds is 3. The predicted octanol–water partition coefficient (Wildman–Crippen LogP) is 0.604. The number of methoxy groups -OCH3 is 1. The van der Waals surface area contributed by atoms with Crippen LogP contribution in [0.4, 0.5) is 0 Å². The Hall–Kier alpha value is -0.630. The number of halogens is 1. The monoisotopic (exact) mass is 336 g/mol. The number of carbonyl (C=O) groups is 2. The summed E-state index contributed by atoms with van der Waals surface area (Å²) >= 11 is 2.16. The van der Waals surface area contributed by atoms with Gasteiger partial charge < -0.3 is 10.2 Å². The molecular formula is C10H13IN2O3. The first-order chi connectivity index (χ1) is 7.65. The van der Waals surface area contributed by atoms with Gasteiger partial charge in [-0.2, -0.15) is 0 Å². The van der Waals surface area contributed by atoms with Crippen LogP contribution in [-0.2, 0) is 14.3 Å². The van der Waals surface area contributed by atoms with Crippen molar-refractivity contribution < 1.29 is 14.3 Å². The molecule has 1 saturated carbocycles. The maximum absolute atomic E-state index is 11.2. The number of allylic oxidation sites excluding steroid dienone is 1. The summed E-state index contributed by atoms with van der Waals surface area (Å²) in [5.41, 5.74) is 3.70. The Bertz CT molecular complexity index is 350. The highest BCUT2D eigenvalue weighted by Crippen LogP contribution is 2.34. The quantitative estimate of drug-likeness (QED) is 0.465. The zero-order chi connectivity index (χ0) is 11.7. The molecule has 0 unspecified atom stereocenters. The van der Waals surface area contributed by atoms with Gasteiger partial charge in [-0.1, -0.05) is 0 Å². The summed E-state index contributed by atoms with van der Waals surface area (Å²) in [5, 5.41) is 2.02. The van der Waals surface area contributed by atoms with Crippen LogP contribution in [0.15, 0.2) is 9.28 Å². The molecular weight excluding hydrogens is 323 g/mol. The smallest absolute Gasteiger partial charge is 0.308 e. The fraction of sp³-hybridized carbons (Fsp3) is 0.600. The summed E-state index contributed by atoms with van der Waals surface area (Å²) in [7, 11) is 1.42. The third-order valence-electron chi connectivity index (χ3n) is 3.07. The van der Waals surface area contributed by atoms with E-state index in [1.807, 2.05) is 5.01 Å². The minimum absolute atomic E-state index is 0.0229. The number of aldehydes is 1. The molecule has 1 aliphatic heterocycles. The molecule has 0 aromatic rings. The van der Waals surface area contributed by atoms with Crippen LogP contribution in [0, 0.1) is 5.92 Å². The van der Waals surface area contributed by atoms with Crippen molar-refractivity contribution in [1.29, 1.82) is 0 Å². The lowest BCUT2D eigenvalue weighted by atomic mass is 9.80. The molecule has 0 saturated heterocycles. The molecule has 1 fully saturated rings.